The zero-order valence-corrected chi connectivity index (χ0v) is 11.5. The number of hydrogen-bond acceptors (Lipinski definition) is 3. The number of nitrogens with zero attached hydrogens (tertiary/aromatic N) is 1. The number of aliphatic carboxylic acids is 1. The first-order valence-electron chi connectivity index (χ1n) is 5.98. The van der Waals surface area contributed by atoms with Crippen molar-refractivity contribution < 1.29 is 31.5 Å². The number of halogens is 3. The van der Waals surface area contributed by atoms with Crippen LogP contribution in [0.4, 0.5) is 13.2 Å². The van der Waals surface area contributed by atoms with E-state index in [4.69, 9.17) is 5.11 Å². The molecule has 21 heavy (non-hydrogen) atoms. The number of alkyl halides is 2. The summed E-state index contributed by atoms with van der Waals surface area (Å²) in [5.41, 5.74) is 0. The van der Waals surface area contributed by atoms with Gasteiger partial charge in [-0.2, -0.15) is 4.31 Å². The highest BCUT2D eigenvalue weighted by Gasteiger charge is 2.47. The summed E-state index contributed by atoms with van der Waals surface area (Å²) in [4.78, 5) is 10.5. The van der Waals surface area contributed by atoms with E-state index < -0.39 is 53.2 Å². The molecule has 0 aromatic heterocycles. The number of benzene rings is 1. The Balaban J connectivity index is 2.34. The maximum absolute atomic E-state index is 13.5. The first-order chi connectivity index (χ1) is 9.62. The van der Waals surface area contributed by atoms with Crippen molar-refractivity contribution in [3.8, 4) is 0 Å². The van der Waals surface area contributed by atoms with Crippen molar-refractivity contribution in [2.75, 3.05) is 13.1 Å². The van der Waals surface area contributed by atoms with Gasteiger partial charge in [0.1, 0.15) is 5.82 Å². The lowest BCUT2D eigenvalue weighted by Gasteiger charge is -2.34. The van der Waals surface area contributed by atoms with Gasteiger partial charge < -0.3 is 5.11 Å². The Morgan fingerprint density at radius 1 is 1.29 bits per heavy atom. The number of carbonyl (C=O) groups is 1. The van der Waals surface area contributed by atoms with Crippen LogP contribution in [-0.4, -0.2) is 42.8 Å². The van der Waals surface area contributed by atoms with E-state index in [-0.39, 0.29) is 4.90 Å². The molecule has 1 unspecified atom stereocenters. The second-order valence-electron chi connectivity index (χ2n) is 4.85. The lowest BCUT2D eigenvalue weighted by molar-refractivity contribution is -0.150. The van der Waals surface area contributed by atoms with Crippen LogP contribution in [0.3, 0.4) is 0 Å². The van der Waals surface area contributed by atoms with Crippen molar-refractivity contribution in [3.05, 3.63) is 30.1 Å². The van der Waals surface area contributed by atoms with Crippen molar-refractivity contribution in [2.45, 2.75) is 17.2 Å². The van der Waals surface area contributed by atoms with Gasteiger partial charge in [0.15, 0.2) is 0 Å². The monoisotopic (exact) mass is 323 g/mol. The molecule has 1 heterocycles. The Hall–Kier alpha value is -1.61. The van der Waals surface area contributed by atoms with E-state index in [1.807, 2.05) is 0 Å². The van der Waals surface area contributed by atoms with Crippen molar-refractivity contribution >= 4 is 16.0 Å². The van der Waals surface area contributed by atoms with Crippen molar-refractivity contribution in [3.63, 3.8) is 0 Å². The molecule has 1 aliphatic heterocycles. The summed E-state index contributed by atoms with van der Waals surface area (Å²) < 4.78 is 64.8. The van der Waals surface area contributed by atoms with Crippen LogP contribution < -0.4 is 0 Å². The standard InChI is InChI=1S/C12H12F3NO4S/c13-9-1-3-10(4-2-9)21(19,20)16-6-8(11(17)18)5-12(14,15)7-16/h1-4,8H,5-7H2,(H,17,18). The molecular formula is C12H12F3NO4S. The Morgan fingerprint density at radius 3 is 2.38 bits per heavy atom. The van der Waals surface area contributed by atoms with Gasteiger partial charge in [0.05, 0.1) is 17.4 Å². The molecule has 1 aromatic rings. The Morgan fingerprint density at radius 2 is 1.86 bits per heavy atom. The molecule has 1 atom stereocenters. The van der Waals surface area contributed by atoms with Crippen LogP contribution >= 0.6 is 0 Å². The highest BCUT2D eigenvalue weighted by molar-refractivity contribution is 7.89. The first kappa shape index (κ1) is 15.8. The van der Waals surface area contributed by atoms with Crippen molar-refractivity contribution in [2.24, 2.45) is 5.92 Å². The highest BCUT2D eigenvalue weighted by atomic mass is 32.2. The van der Waals surface area contributed by atoms with E-state index in [1.54, 1.807) is 0 Å². The molecule has 1 N–H and O–H groups in total. The summed E-state index contributed by atoms with van der Waals surface area (Å²) in [5, 5.41) is 8.86. The molecule has 1 saturated heterocycles. The molecule has 0 amide bonds. The van der Waals surface area contributed by atoms with Gasteiger partial charge in [0.2, 0.25) is 10.0 Å². The summed E-state index contributed by atoms with van der Waals surface area (Å²) >= 11 is 0. The second-order valence-corrected chi connectivity index (χ2v) is 6.78. The van der Waals surface area contributed by atoms with E-state index in [9.17, 15) is 26.4 Å². The minimum absolute atomic E-state index is 0.356. The fraction of sp³-hybridized carbons (Fsp3) is 0.417. The normalized spacial score (nSPS) is 22.9. The molecule has 0 spiro atoms. The maximum Gasteiger partial charge on any atom is 0.308 e. The highest BCUT2D eigenvalue weighted by Crippen LogP contribution is 2.33. The Kier molecular flexibility index (Phi) is 3.98. The Labute approximate surface area is 119 Å². The minimum atomic E-state index is -4.29. The summed E-state index contributed by atoms with van der Waals surface area (Å²) in [6, 6.07) is 3.69. The molecule has 5 nitrogen and oxygen atoms in total. The van der Waals surface area contributed by atoms with E-state index in [1.165, 1.54) is 0 Å². The number of piperidine rings is 1. The van der Waals surface area contributed by atoms with Crippen molar-refractivity contribution in [1.29, 1.82) is 0 Å². The molecule has 2 rings (SSSR count). The van der Waals surface area contributed by atoms with Gasteiger partial charge >= 0.3 is 5.97 Å². The SMILES string of the molecule is O=C(O)C1CN(S(=O)(=O)c2ccc(F)cc2)CC(F)(F)C1. The average Bonchev–Trinajstić information content (AvgIpc) is 2.37. The third kappa shape index (κ3) is 3.35. The summed E-state index contributed by atoms with van der Waals surface area (Å²) in [7, 11) is -4.29. The van der Waals surface area contributed by atoms with Crippen LogP contribution in [0, 0.1) is 11.7 Å². The molecule has 0 radical (unpaired) electrons. The van der Waals surface area contributed by atoms with Crippen LogP contribution in [0.25, 0.3) is 0 Å². The van der Waals surface area contributed by atoms with E-state index in [2.05, 4.69) is 0 Å². The maximum atomic E-state index is 13.5. The van der Waals surface area contributed by atoms with Crippen LogP contribution in [-0.2, 0) is 14.8 Å². The van der Waals surface area contributed by atoms with Crippen LogP contribution in [0.5, 0.6) is 0 Å². The summed E-state index contributed by atoms with van der Waals surface area (Å²) in [6.07, 6.45) is -0.905. The number of carboxylic acids is 1. The quantitative estimate of drug-likeness (QED) is 0.916. The Bertz CT molecular complexity index is 645. The number of rotatable bonds is 3. The third-order valence-corrected chi connectivity index (χ3v) is 5.00. The lowest BCUT2D eigenvalue weighted by Crippen LogP contribution is -2.51. The second kappa shape index (κ2) is 5.30. The predicted molar refractivity (Wildman–Crippen MR) is 65.8 cm³/mol. The smallest absolute Gasteiger partial charge is 0.308 e. The van der Waals surface area contributed by atoms with Gasteiger partial charge in [-0.3, -0.25) is 4.79 Å². The molecule has 9 heteroatoms. The fourth-order valence-electron chi connectivity index (χ4n) is 2.16. The number of sulfonamides is 1. The molecule has 116 valence electrons. The average molecular weight is 323 g/mol. The van der Waals surface area contributed by atoms with Crippen LogP contribution in [0.2, 0.25) is 0 Å². The number of carboxylic acid groups (broad SMARTS) is 1. The largest absolute Gasteiger partial charge is 0.481 e. The van der Waals surface area contributed by atoms with Gasteiger partial charge in [-0.1, -0.05) is 0 Å². The van der Waals surface area contributed by atoms with E-state index >= 15 is 0 Å². The zero-order valence-electron chi connectivity index (χ0n) is 10.7. The van der Waals surface area contributed by atoms with Gasteiger partial charge in [-0.25, -0.2) is 21.6 Å². The molecule has 0 saturated carbocycles. The molecule has 1 aromatic carbocycles. The fourth-order valence-corrected chi connectivity index (χ4v) is 3.68. The van der Waals surface area contributed by atoms with E-state index in [0.717, 1.165) is 24.3 Å². The molecule has 0 aliphatic carbocycles. The number of hydrogen-bond donors (Lipinski definition) is 1. The van der Waals surface area contributed by atoms with Crippen molar-refractivity contribution in [1.82, 2.24) is 4.31 Å². The van der Waals surface area contributed by atoms with Gasteiger partial charge in [-0.15, -0.1) is 0 Å². The minimum Gasteiger partial charge on any atom is -0.481 e. The van der Waals surface area contributed by atoms with Gasteiger partial charge in [-0.05, 0) is 24.3 Å². The topological polar surface area (TPSA) is 74.7 Å². The molecule has 1 fully saturated rings. The van der Waals surface area contributed by atoms with Gasteiger partial charge in [0.25, 0.3) is 5.92 Å². The molecule has 0 bridgehead atoms. The first-order valence-corrected chi connectivity index (χ1v) is 7.42. The summed E-state index contributed by atoms with van der Waals surface area (Å²) in [5.74, 6) is -7.05. The van der Waals surface area contributed by atoms with Crippen LogP contribution in [0.1, 0.15) is 6.42 Å². The third-order valence-electron chi connectivity index (χ3n) is 3.18. The van der Waals surface area contributed by atoms with Crippen LogP contribution in [0.15, 0.2) is 29.2 Å². The predicted octanol–water partition coefficient (Wildman–Crippen LogP) is 1.56. The van der Waals surface area contributed by atoms with E-state index in [0.29, 0.717) is 4.31 Å². The molecule has 1 aliphatic rings. The molecular weight excluding hydrogens is 311 g/mol. The van der Waals surface area contributed by atoms with Gasteiger partial charge in [0, 0.05) is 13.0 Å². The zero-order chi connectivity index (χ0) is 15.8. The summed E-state index contributed by atoms with van der Waals surface area (Å²) in [6.45, 7) is -1.62. The lowest BCUT2D eigenvalue weighted by atomic mass is 9.97.